The number of phenolic OH excluding ortho intramolecular Hbond substituents is 1. The number of amides is 1. The highest BCUT2D eigenvalue weighted by Crippen LogP contribution is 2.42. The van der Waals surface area contributed by atoms with Crippen molar-refractivity contribution in [1.29, 1.82) is 0 Å². The molecule has 1 amide bonds. The van der Waals surface area contributed by atoms with Crippen molar-refractivity contribution >= 4 is 49.9 Å². The molecule has 3 aromatic rings. The molecule has 0 saturated carbocycles. The minimum Gasteiger partial charge on any atom is -0.507 e. The molecule has 5 nitrogen and oxygen atoms in total. The first-order valence-electron chi connectivity index (χ1n) is 8.22. The second-order valence-corrected chi connectivity index (χ2v) is 7.04. The molecule has 6 heteroatoms. The van der Waals surface area contributed by atoms with Gasteiger partial charge in [0.1, 0.15) is 5.75 Å². The molecule has 0 aliphatic carbocycles. The first-order chi connectivity index (χ1) is 13.0. The first-order valence-corrected chi connectivity index (χ1v) is 9.02. The third kappa shape index (κ3) is 2.92. The summed E-state index contributed by atoms with van der Waals surface area (Å²) in [6.45, 7) is 0. The molecule has 0 atom stereocenters. The number of carbonyl (C=O) groups is 1. The van der Waals surface area contributed by atoms with Crippen LogP contribution in [0, 0.1) is 0 Å². The lowest BCUT2D eigenvalue weighted by atomic mass is 9.98. The number of phenols is 1. The van der Waals surface area contributed by atoms with Crippen molar-refractivity contribution in [3.05, 3.63) is 58.1 Å². The summed E-state index contributed by atoms with van der Waals surface area (Å²) in [6.07, 6.45) is 1.71. The fourth-order valence-electron chi connectivity index (χ4n) is 3.27. The van der Waals surface area contributed by atoms with Crippen LogP contribution in [0.3, 0.4) is 0 Å². The van der Waals surface area contributed by atoms with Gasteiger partial charge in [-0.3, -0.25) is 4.79 Å². The van der Waals surface area contributed by atoms with Crippen LogP contribution in [-0.4, -0.2) is 25.2 Å². The minimum atomic E-state index is -0.242. The molecule has 0 radical (unpaired) electrons. The number of hydrogen-bond acceptors (Lipinski definition) is 4. The highest BCUT2D eigenvalue weighted by Gasteiger charge is 2.27. The molecule has 1 heterocycles. The minimum absolute atomic E-state index is 0.110. The third-order valence-corrected chi connectivity index (χ3v) is 5.09. The highest BCUT2D eigenvalue weighted by molar-refractivity contribution is 9.10. The van der Waals surface area contributed by atoms with Crippen molar-refractivity contribution in [3.63, 3.8) is 0 Å². The average molecular weight is 426 g/mol. The number of nitrogens with one attached hydrogen (secondary N) is 1. The van der Waals surface area contributed by atoms with Crippen LogP contribution in [0.5, 0.6) is 17.2 Å². The summed E-state index contributed by atoms with van der Waals surface area (Å²) in [6, 6.07) is 12.7. The monoisotopic (exact) mass is 425 g/mol. The Labute approximate surface area is 164 Å². The van der Waals surface area contributed by atoms with E-state index in [1.54, 1.807) is 38.5 Å². The van der Waals surface area contributed by atoms with Gasteiger partial charge in [0, 0.05) is 27.2 Å². The normalized spacial score (nSPS) is 14.3. The molecule has 3 aromatic carbocycles. The van der Waals surface area contributed by atoms with Gasteiger partial charge in [-0.15, -0.1) is 0 Å². The SMILES string of the molecule is COc1cc2c(cc1OC)/C(=C\c1c(O)ccc3cc(Br)ccc13)C(=O)N2. The zero-order valence-electron chi connectivity index (χ0n) is 14.7. The van der Waals surface area contributed by atoms with E-state index in [2.05, 4.69) is 21.2 Å². The van der Waals surface area contributed by atoms with E-state index in [0.29, 0.717) is 33.9 Å². The second kappa shape index (κ2) is 6.63. The standard InChI is InChI=1S/C21H16BrNO4/c1-26-19-9-14-16(21(25)23-17(14)10-20(19)27-2)8-15-13-5-4-12(22)7-11(13)3-6-18(15)24/h3-10,24H,1-2H3,(H,23,25)/b16-8+. The Morgan fingerprint density at radius 3 is 2.52 bits per heavy atom. The molecule has 1 aliphatic heterocycles. The van der Waals surface area contributed by atoms with Crippen LogP contribution < -0.4 is 14.8 Å². The van der Waals surface area contributed by atoms with E-state index in [4.69, 9.17) is 9.47 Å². The van der Waals surface area contributed by atoms with Crippen LogP contribution in [0.4, 0.5) is 5.69 Å². The van der Waals surface area contributed by atoms with E-state index >= 15 is 0 Å². The zero-order valence-corrected chi connectivity index (χ0v) is 16.3. The Hall–Kier alpha value is -2.99. The van der Waals surface area contributed by atoms with E-state index in [9.17, 15) is 9.90 Å². The van der Waals surface area contributed by atoms with Gasteiger partial charge in [0.05, 0.1) is 19.9 Å². The van der Waals surface area contributed by atoms with Crippen LogP contribution in [0.2, 0.25) is 0 Å². The lowest BCUT2D eigenvalue weighted by molar-refractivity contribution is -0.110. The molecule has 0 fully saturated rings. The molecule has 27 heavy (non-hydrogen) atoms. The maximum atomic E-state index is 12.6. The fourth-order valence-corrected chi connectivity index (χ4v) is 3.65. The maximum absolute atomic E-state index is 12.6. The molecule has 2 N–H and O–H groups in total. The summed E-state index contributed by atoms with van der Waals surface area (Å²) in [4.78, 5) is 12.6. The Balaban J connectivity index is 1.93. The van der Waals surface area contributed by atoms with Crippen LogP contribution >= 0.6 is 15.9 Å². The number of methoxy groups -OCH3 is 2. The molecule has 4 rings (SSSR count). The van der Waals surface area contributed by atoms with Gasteiger partial charge < -0.3 is 19.9 Å². The Morgan fingerprint density at radius 2 is 1.78 bits per heavy atom. The molecule has 0 saturated heterocycles. The molecular weight excluding hydrogens is 410 g/mol. The third-order valence-electron chi connectivity index (χ3n) is 4.60. The molecule has 1 aliphatic rings. The van der Waals surface area contributed by atoms with Crippen molar-refractivity contribution in [2.45, 2.75) is 0 Å². The van der Waals surface area contributed by atoms with Gasteiger partial charge in [-0.2, -0.15) is 0 Å². The van der Waals surface area contributed by atoms with Crippen molar-refractivity contribution in [3.8, 4) is 17.2 Å². The van der Waals surface area contributed by atoms with Gasteiger partial charge in [0.15, 0.2) is 11.5 Å². The summed E-state index contributed by atoms with van der Waals surface area (Å²) in [5.41, 5.74) is 2.39. The van der Waals surface area contributed by atoms with Crippen LogP contribution in [0.15, 0.2) is 46.9 Å². The van der Waals surface area contributed by atoms with Crippen molar-refractivity contribution in [2.24, 2.45) is 0 Å². The average Bonchev–Trinajstić information content (AvgIpc) is 2.97. The summed E-state index contributed by atoms with van der Waals surface area (Å²) < 4.78 is 11.6. The van der Waals surface area contributed by atoms with E-state index in [1.807, 2.05) is 24.3 Å². The molecule has 136 valence electrons. The first kappa shape index (κ1) is 17.4. The predicted molar refractivity (Wildman–Crippen MR) is 109 cm³/mol. The largest absolute Gasteiger partial charge is 0.507 e. The molecule has 0 unspecified atom stereocenters. The van der Waals surface area contributed by atoms with E-state index in [0.717, 1.165) is 15.2 Å². The smallest absolute Gasteiger partial charge is 0.256 e. The quantitative estimate of drug-likeness (QED) is 0.590. The Bertz CT molecular complexity index is 1120. The second-order valence-electron chi connectivity index (χ2n) is 6.13. The van der Waals surface area contributed by atoms with Gasteiger partial charge in [-0.25, -0.2) is 0 Å². The molecule has 0 spiro atoms. The number of aromatic hydroxyl groups is 1. The molecule has 0 bridgehead atoms. The summed E-state index contributed by atoms with van der Waals surface area (Å²) >= 11 is 3.46. The zero-order chi connectivity index (χ0) is 19.1. The Morgan fingerprint density at radius 1 is 1.04 bits per heavy atom. The van der Waals surface area contributed by atoms with Crippen molar-refractivity contribution in [2.75, 3.05) is 19.5 Å². The van der Waals surface area contributed by atoms with Crippen LogP contribution in [0.25, 0.3) is 22.4 Å². The van der Waals surface area contributed by atoms with Gasteiger partial charge in [0.25, 0.3) is 5.91 Å². The van der Waals surface area contributed by atoms with Gasteiger partial charge in [-0.05, 0) is 41.1 Å². The summed E-state index contributed by atoms with van der Waals surface area (Å²) in [5, 5.41) is 15.1. The lowest BCUT2D eigenvalue weighted by Crippen LogP contribution is -2.03. The van der Waals surface area contributed by atoms with Gasteiger partial charge in [0.2, 0.25) is 0 Å². The lowest BCUT2D eigenvalue weighted by Gasteiger charge is -2.10. The van der Waals surface area contributed by atoms with Gasteiger partial charge in [-0.1, -0.05) is 28.1 Å². The predicted octanol–water partition coefficient (Wildman–Crippen LogP) is 4.82. The van der Waals surface area contributed by atoms with Crippen molar-refractivity contribution < 1.29 is 19.4 Å². The highest BCUT2D eigenvalue weighted by atomic mass is 79.9. The number of fused-ring (bicyclic) bond motifs is 2. The maximum Gasteiger partial charge on any atom is 0.256 e. The number of ether oxygens (including phenoxy) is 2. The number of halogens is 1. The fraction of sp³-hybridized carbons (Fsp3) is 0.0952. The van der Waals surface area contributed by atoms with E-state index < -0.39 is 0 Å². The summed E-state index contributed by atoms with van der Waals surface area (Å²) in [7, 11) is 3.09. The number of benzene rings is 3. The summed E-state index contributed by atoms with van der Waals surface area (Å²) in [5.74, 6) is 0.938. The number of rotatable bonds is 3. The van der Waals surface area contributed by atoms with Crippen molar-refractivity contribution in [1.82, 2.24) is 0 Å². The van der Waals surface area contributed by atoms with Gasteiger partial charge >= 0.3 is 0 Å². The number of anilines is 1. The number of carbonyl (C=O) groups excluding carboxylic acids is 1. The van der Waals surface area contributed by atoms with E-state index in [1.165, 1.54) is 0 Å². The topological polar surface area (TPSA) is 67.8 Å². The number of hydrogen-bond donors (Lipinski definition) is 2. The molecule has 0 aromatic heterocycles. The van der Waals surface area contributed by atoms with Crippen LogP contribution in [-0.2, 0) is 4.79 Å². The molecular formula is C21H16BrNO4. The van der Waals surface area contributed by atoms with Crippen LogP contribution in [0.1, 0.15) is 11.1 Å². The van der Waals surface area contributed by atoms with E-state index in [-0.39, 0.29) is 11.7 Å². The Kier molecular flexibility index (Phi) is 4.28.